The Labute approximate surface area is 107 Å². The maximum atomic E-state index is 5.69. The molecule has 0 bridgehead atoms. The van der Waals surface area contributed by atoms with Crippen LogP contribution in [0.4, 0.5) is 0 Å². The van der Waals surface area contributed by atoms with Gasteiger partial charge in [-0.25, -0.2) is 4.98 Å². The van der Waals surface area contributed by atoms with Gasteiger partial charge >= 0.3 is 0 Å². The number of nitrogens with two attached hydrogens (primary N) is 1. The van der Waals surface area contributed by atoms with Crippen LogP contribution in [0.15, 0.2) is 34.9 Å². The summed E-state index contributed by atoms with van der Waals surface area (Å²) in [5.41, 5.74) is 6.58. The van der Waals surface area contributed by atoms with Crippen molar-refractivity contribution in [3.05, 3.63) is 47.7 Å². The molecule has 0 fully saturated rings. The summed E-state index contributed by atoms with van der Waals surface area (Å²) in [5.74, 6) is 2.45. The molecule has 0 aliphatic rings. The molecule has 2 aromatic rings. The molecule has 0 aliphatic heterocycles. The Bertz CT molecular complexity index is 494. The molecule has 0 saturated heterocycles. The number of hydrogen-bond acceptors (Lipinski definition) is 4. The van der Waals surface area contributed by atoms with Crippen LogP contribution in [0.1, 0.15) is 17.2 Å². The van der Waals surface area contributed by atoms with Crippen molar-refractivity contribution in [3.8, 4) is 5.75 Å². The summed E-state index contributed by atoms with van der Waals surface area (Å²) in [6, 6.07) is 7.95. The Hall–Kier alpha value is -1.81. The van der Waals surface area contributed by atoms with Crippen LogP contribution in [-0.4, -0.2) is 18.1 Å². The number of rotatable bonds is 6. The third-order valence-corrected chi connectivity index (χ3v) is 2.66. The maximum Gasteiger partial charge on any atom is 0.197 e. The summed E-state index contributed by atoms with van der Waals surface area (Å²) in [6.07, 6.45) is 3.13. The van der Waals surface area contributed by atoms with E-state index in [0.717, 1.165) is 23.5 Å². The van der Waals surface area contributed by atoms with Crippen LogP contribution in [0.5, 0.6) is 5.75 Å². The molecular formula is C14H18N2O2. The minimum atomic E-state index is 0.563. The predicted molar refractivity (Wildman–Crippen MR) is 69.6 cm³/mol. The molecule has 1 aromatic heterocycles. The molecule has 1 aromatic carbocycles. The number of para-hydroxylation sites is 1. The average molecular weight is 246 g/mol. The van der Waals surface area contributed by atoms with Crippen LogP contribution in [0.2, 0.25) is 0 Å². The lowest BCUT2D eigenvalue weighted by atomic mass is 10.2. The Morgan fingerprint density at radius 2 is 2.11 bits per heavy atom. The molecule has 0 spiro atoms. The first kappa shape index (κ1) is 12.6. The van der Waals surface area contributed by atoms with E-state index in [2.05, 4.69) is 4.98 Å². The highest BCUT2D eigenvalue weighted by Crippen LogP contribution is 2.16. The van der Waals surface area contributed by atoms with E-state index in [4.69, 9.17) is 14.9 Å². The summed E-state index contributed by atoms with van der Waals surface area (Å²) in [7, 11) is 0. The van der Waals surface area contributed by atoms with Crippen LogP contribution in [-0.2, 0) is 12.8 Å². The summed E-state index contributed by atoms with van der Waals surface area (Å²) < 4.78 is 11.2. The maximum absolute atomic E-state index is 5.69. The number of aromatic nitrogens is 1. The minimum Gasteiger partial charge on any atom is -0.493 e. The number of nitrogens with zero attached hydrogens (tertiary/aromatic N) is 1. The monoisotopic (exact) mass is 246 g/mol. The second-order valence-electron chi connectivity index (χ2n) is 4.12. The molecule has 2 N–H and O–H groups in total. The Balaban J connectivity index is 1.83. The van der Waals surface area contributed by atoms with Crippen LogP contribution in [0, 0.1) is 6.92 Å². The highest BCUT2D eigenvalue weighted by atomic mass is 16.5. The van der Waals surface area contributed by atoms with Gasteiger partial charge in [0.1, 0.15) is 11.5 Å². The molecule has 0 atom stereocenters. The molecule has 0 unspecified atom stereocenters. The van der Waals surface area contributed by atoms with E-state index in [-0.39, 0.29) is 0 Å². The van der Waals surface area contributed by atoms with E-state index < -0.39 is 0 Å². The lowest BCUT2D eigenvalue weighted by molar-refractivity contribution is 0.302. The first-order valence-electron chi connectivity index (χ1n) is 6.11. The molecule has 2 rings (SSSR count). The molecule has 4 heteroatoms. The van der Waals surface area contributed by atoms with Crippen LogP contribution >= 0.6 is 0 Å². The number of oxazole rings is 1. The van der Waals surface area contributed by atoms with Gasteiger partial charge in [-0.3, -0.25) is 0 Å². The quantitative estimate of drug-likeness (QED) is 0.848. The zero-order valence-corrected chi connectivity index (χ0v) is 10.6. The van der Waals surface area contributed by atoms with Crippen LogP contribution < -0.4 is 10.5 Å². The minimum absolute atomic E-state index is 0.563. The third-order valence-electron chi connectivity index (χ3n) is 2.66. The Kier molecular flexibility index (Phi) is 4.36. The van der Waals surface area contributed by atoms with Gasteiger partial charge in [-0.1, -0.05) is 18.2 Å². The average Bonchev–Trinajstić information content (AvgIpc) is 2.80. The van der Waals surface area contributed by atoms with E-state index in [0.29, 0.717) is 25.5 Å². The van der Waals surface area contributed by atoms with Crippen molar-refractivity contribution in [3.63, 3.8) is 0 Å². The van der Waals surface area contributed by atoms with E-state index in [1.165, 1.54) is 0 Å². The van der Waals surface area contributed by atoms with Crippen molar-refractivity contribution in [2.75, 3.05) is 13.2 Å². The number of benzene rings is 1. The van der Waals surface area contributed by atoms with E-state index in [1.807, 2.05) is 31.2 Å². The van der Waals surface area contributed by atoms with Gasteiger partial charge in [-0.15, -0.1) is 0 Å². The van der Waals surface area contributed by atoms with E-state index in [1.54, 1.807) is 6.20 Å². The fourth-order valence-corrected chi connectivity index (χ4v) is 1.69. The molecule has 18 heavy (non-hydrogen) atoms. The van der Waals surface area contributed by atoms with Gasteiger partial charge < -0.3 is 14.9 Å². The second kappa shape index (κ2) is 6.21. The first-order chi connectivity index (χ1) is 8.79. The zero-order valence-electron chi connectivity index (χ0n) is 10.6. The number of aryl methyl sites for hydroxylation is 1. The standard InChI is InChI=1S/C14H18N2O2/c1-11-4-2-3-5-13(11)17-9-7-14-16-10-12(18-14)6-8-15/h2-5,10H,6-9,15H2,1H3. The van der Waals surface area contributed by atoms with Gasteiger partial charge in [0, 0.05) is 6.42 Å². The molecular weight excluding hydrogens is 228 g/mol. The molecule has 0 radical (unpaired) electrons. The smallest absolute Gasteiger partial charge is 0.197 e. The predicted octanol–water partition coefficient (Wildman–Crippen LogP) is 2.11. The first-order valence-corrected chi connectivity index (χ1v) is 6.11. The fraction of sp³-hybridized carbons (Fsp3) is 0.357. The summed E-state index contributed by atoms with van der Waals surface area (Å²) in [5, 5.41) is 0. The highest BCUT2D eigenvalue weighted by molar-refractivity contribution is 5.31. The Morgan fingerprint density at radius 3 is 2.89 bits per heavy atom. The van der Waals surface area contributed by atoms with E-state index in [9.17, 15) is 0 Å². The van der Waals surface area contributed by atoms with Crippen molar-refractivity contribution >= 4 is 0 Å². The van der Waals surface area contributed by atoms with Gasteiger partial charge in [0.25, 0.3) is 0 Å². The van der Waals surface area contributed by atoms with Gasteiger partial charge in [-0.2, -0.15) is 0 Å². The summed E-state index contributed by atoms with van der Waals surface area (Å²) in [4.78, 5) is 4.19. The SMILES string of the molecule is Cc1ccccc1OCCc1ncc(CCN)o1. The van der Waals surface area contributed by atoms with Crippen molar-refractivity contribution in [1.29, 1.82) is 0 Å². The van der Waals surface area contributed by atoms with Gasteiger partial charge in [-0.05, 0) is 25.1 Å². The molecule has 0 saturated carbocycles. The topological polar surface area (TPSA) is 61.3 Å². The molecule has 0 amide bonds. The van der Waals surface area contributed by atoms with E-state index >= 15 is 0 Å². The van der Waals surface area contributed by atoms with Crippen molar-refractivity contribution in [2.45, 2.75) is 19.8 Å². The van der Waals surface area contributed by atoms with Gasteiger partial charge in [0.2, 0.25) is 0 Å². The number of hydrogen-bond donors (Lipinski definition) is 1. The summed E-state index contributed by atoms with van der Waals surface area (Å²) in [6.45, 7) is 3.17. The summed E-state index contributed by atoms with van der Waals surface area (Å²) >= 11 is 0. The van der Waals surface area contributed by atoms with Gasteiger partial charge in [0.15, 0.2) is 5.89 Å². The van der Waals surface area contributed by atoms with Gasteiger partial charge in [0.05, 0.1) is 19.2 Å². The lowest BCUT2D eigenvalue weighted by Crippen LogP contribution is -2.03. The fourth-order valence-electron chi connectivity index (χ4n) is 1.69. The normalized spacial score (nSPS) is 10.6. The highest BCUT2D eigenvalue weighted by Gasteiger charge is 2.04. The number of ether oxygens (including phenoxy) is 1. The molecule has 96 valence electrons. The third kappa shape index (κ3) is 3.34. The molecule has 1 heterocycles. The molecule has 4 nitrogen and oxygen atoms in total. The van der Waals surface area contributed by atoms with Crippen molar-refractivity contribution in [1.82, 2.24) is 4.98 Å². The van der Waals surface area contributed by atoms with Crippen molar-refractivity contribution in [2.24, 2.45) is 5.73 Å². The van der Waals surface area contributed by atoms with Crippen molar-refractivity contribution < 1.29 is 9.15 Å². The second-order valence-corrected chi connectivity index (χ2v) is 4.12. The zero-order chi connectivity index (χ0) is 12.8. The lowest BCUT2D eigenvalue weighted by Gasteiger charge is -2.07. The molecule has 0 aliphatic carbocycles. The van der Waals surface area contributed by atoms with Crippen LogP contribution in [0.3, 0.4) is 0 Å². The Morgan fingerprint density at radius 1 is 1.28 bits per heavy atom. The largest absolute Gasteiger partial charge is 0.493 e. The van der Waals surface area contributed by atoms with Crippen LogP contribution in [0.25, 0.3) is 0 Å².